The molecule has 2 amide bonds. The highest BCUT2D eigenvalue weighted by atomic mass is 35.5. The van der Waals surface area contributed by atoms with E-state index in [2.05, 4.69) is 10.6 Å². The van der Waals surface area contributed by atoms with Gasteiger partial charge in [0.15, 0.2) is 0 Å². The molecule has 158 valence electrons. The molecule has 0 aliphatic rings. The summed E-state index contributed by atoms with van der Waals surface area (Å²) in [6, 6.07) is 19.4. The lowest BCUT2D eigenvalue weighted by molar-refractivity contribution is -0.384. The zero-order chi connectivity index (χ0) is 22.4. The zero-order valence-electron chi connectivity index (χ0n) is 16.4. The molecule has 1 atom stereocenters. The second-order valence-electron chi connectivity index (χ2n) is 6.54. The van der Waals surface area contributed by atoms with E-state index >= 15 is 0 Å². The van der Waals surface area contributed by atoms with Gasteiger partial charge in [-0.25, -0.2) is 0 Å². The van der Waals surface area contributed by atoms with Crippen molar-refractivity contribution in [2.45, 2.75) is 17.1 Å². The van der Waals surface area contributed by atoms with Crippen LogP contribution >= 0.6 is 23.4 Å². The van der Waals surface area contributed by atoms with E-state index in [9.17, 15) is 19.7 Å². The Morgan fingerprint density at radius 1 is 0.968 bits per heavy atom. The van der Waals surface area contributed by atoms with Crippen LogP contribution in [0.5, 0.6) is 0 Å². The van der Waals surface area contributed by atoms with Gasteiger partial charge in [-0.2, -0.15) is 0 Å². The van der Waals surface area contributed by atoms with Crippen LogP contribution < -0.4 is 10.6 Å². The van der Waals surface area contributed by atoms with E-state index in [4.69, 9.17) is 11.6 Å². The highest BCUT2D eigenvalue weighted by Gasteiger charge is 2.15. The van der Waals surface area contributed by atoms with Gasteiger partial charge < -0.3 is 10.6 Å². The monoisotopic (exact) mass is 455 g/mol. The number of halogens is 1. The Morgan fingerprint density at radius 3 is 2.26 bits per heavy atom. The van der Waals surface area contributed by atoms with E-state index in [0.29, 0.717) is 22.0 Å². The highest BCUT2D eigenvalue weighted by molar-refractivity contribution is 8.00. The van der Waals surface area contributed by atoms with Crippen molar-refractivity contribution in [3.63, 3.8) is 0 Å². The first-order chi connectivity index (χ1) is 14.8. The molecule has 0 bridgehead atoms. The average Bonchev–Trinajstić information content (AvgIpc) is 2.75. The molecule has 2 N–H and O–H groups in total. The maximum Gasteiger partial charge on any atom is 0.269 e. The summed E-state index contributed by atoms with van der Waals surface area (Å²) in [5.74, 6) is -0.521. The van der Waals surface area contributed by atoms with Crippen LogP contribution in [0, 0.1) is 10.1 Å². The topological polar surface area (TPSA) is 101 Å². The van der Waals surface area contributed by atoms with Gasteiger partial charge in [0.2, 0.25) is 5.91 Å². The van der Waals surface area contributed by atoms with Gasteiger partial charge in [0, 0.05) is 39.0 Å². The summed E-state index contributed by atoms with van der Waals surface area (Å²) in [5, 5.41) is 16.5. The molecule has 7 nitrogen and oxygen atoms in total. The summed E-state index contributed by atoms with van der Waals surface area (Å²) < 4.78 is 0. The lowest BCUT2D eigenvalue weighted by atomic mass is 10.2. The Labute approximate surface area is 188 Å². The minimum atomic E-state index is -0.520. The van der Waals surface area contributed by atoms with Crippen LogP contribution in [0.15, 0.2) is 77.7 Å². The predicted molar refractivity (Wildman–Crippen MR) is 123 cm³/mol. The van der Waals surface area contributed by atoms with E-state index in [-0.39, 0.29) is 22.8 Å². The smallest absolute Gasteiger partial charge is 0.269 e. The summed E-state index contributed by atoms with van der Waals surface area (Å²) in [4.78, 5) is 35.7. The number of hydrogen-bond donors (Lipinski definition) is 2. The van der Waals surface area contributed by atoms with E-state index < -0.39 is 4.92 Å². The summed E-state index contributed by atoms with van der Waals surface area (Å²) in [5.41, 5.74) is 1.44. The zero-order valence-corrected chi connectivity index (χ0v) is 17.9. The fraction of sp³-hybridized carbons (Fsp3) is 0.0909. The van der Waals surface area contributed by atoms with Crippen molar-refractivity contribution in [2.75, 3.05) is 10.6 Å². The number of carbonyl (C=O) groups excluding carboxylic acids is 2. The van der Waals surface area contributed by atoms with Gasteiger partial charge in [0.1, 0.15) is 0 Å². The Hall–Kier alpha value is -3.36. The normalized spacial score (nSPS) is 11.4. The third-order valence-electron chi connectivity index (χ3n) is 4.23. The molecule has 0 aliphatic carbocycles. The molecular formula is C22H18ClN3O4S. The van der Waals surface area contributed by atoms with Crippen LogP contribution in [0.2, 0.25) is 5.02 Å². The molecule has 1 unspecified atom stereocenters. The van der Waals surface area contributed by atoms with Crippen molar-refractivity contribution in [1.82, 2.24) is 0 Å². The van der Waals surface area contributed by atoms with E-state index in [1.54, 1.807) is 55.5 Å². The van der Waals surface area contributed by atoms with Crippen molar-refractivity contribution in [2.24, 2.45) is 0 Å². The quantitative estimate of drug-likeness (QED) is 0.273. The van der Waals surface area contributed by atoms with Gasteiger partial charge in [-0.05, 0) is 61.5 Å². The summed E-state index contributed by atoms with van der Waals surface area (Å²) in [7, 11) is 0. The number of non-ortho nitro benzene ring substituents is 1. The molecule has 0 aliphatic heterocycles. The number of nitro benzene ring substituents is 1. The molecular weight excluding hydrogens is 438 g/mol. The lowest BCUT2D eigenvalue weighted by Gasteiger charge is -2.13. The Kier molecular flexibility index (Phi) is 7.28. The van der Waals surface area contributed by atoms with E-state index in [0.717, 1.165) is 4.90 Å². The second kappa shape index (κ2) is 10.1. The SMILES string of the molecule is CC(Sc1ccc(NC(=O)c2ccc([N+](=O)[O-])cc2)cc1)C(=O)Nc1cccc(Cl)c1. The number of rotatable bonds is 7. The Bertz CT molecular complexity index is 1100. The molecule has 0 saturated heterocycles. The fourth-order valence-electron chi connectivity index (χ4n) is 2.62. The Balaban J connectivity index is 1.56. The summed E-state index contributed by atoms with van der Waals surface area (Å²) in [6.45, 7) is 1.80. The number of amides is 2. The number of thioether (sulfide) groups is 1. The van der Waals surface area contributed by atoms with Crippen molar-refractivity contribution in [3.8, 4) is 0 Å². The third kappa shape index (κ3) is 6.31. The molecule has 0 fully saturated rings. The van der Waals surface area contributed by atoms with E-state index in [1.165, 1.54) is 36.0 Å². The molecule has 3 aromatic rings. The number of carbonyl (C=O) groups is 2. The minimum absolute atomic E-state index is 0.0774. The summed E-state index contributed by atoms with van der Waals surface area (Å²) >= 11 is 7.32. The molecule has 3 aromatic carbocycles. The van der Waals surface area contributed by atoms with Crippen LogP contribution in [-0.2, 0) is 4.79 Å². The fourth-order valence-corrected chi connectivity index (χ4v) is 3.68. The minimum Gasteiger partial charge on any atom is -0.325 e. The van der Waals surface area contributed by atoms with Crippen LogP contribution in [0.3, 0.4) is 0 Å². The van der Waals surface area contributed by atoms with Gasteiger partial charge in [-0.1, -0.05) is 17.7 Å². The van der Waals surface area contributed by atoms with Crippen molar-refractivity contribution in [3.05, 3.63) is 93.5 Å². The number of nitro groups is 1. The van der Waals surface area contributed by atoms with Gasteiger partial charge in [0.05, 0.1) is 10.2 Å². The second-order valence-corrected chi connectivity index (χ2v) is 8.39. The maximum atomic E-state index is 12.4. The molecule has 31 heavy (non-hydrogen) atoms. The molecule has 3 rings (SSSR count). The predicted octanol–water partition coefficient (Wildman–Crippen LogP) is 5.62. The average molecular weight is 456 g/mol. The van der Waals surface area contributed by atoms with Gasteiger partial charge >= 0.3 is 0 Å². The van der Waals surface area contributed by atoms with Crippen LogP contribution in [0.4, 0.5) is 17.1 Å². The van der Waals surface area contributed by atoms with E-state index in [1.807, 2.05) is 0 Å². The van der Waals surface area contributed by atoms with Gasteiger partial charge in [-0.15, -0.1) is 11.8 Å². The third-order valence-corrected chi connectivity index (χ3v) is 5.57. The van der Waals surface area contributed by atoms with Crippen molar-refractivity contribution >= 4 is 52.2 Å². The molecule has 0 heterocycles. The van der Waals surface area contributed by atoms with Crippen molar-refractivity contribution < 1.29 is 14.5 Å². The lowest BCUT2D eigenvalue weighted by Crippen LogP contribution is -2.22. The number of anilines is 2. The van der Waals surface area contributed by atoms with Gasteiger partial charge in [0.25, 0.3) is 11.6 Å². The molecule has 0 saturated carbocycles. The van der Waals surface area contributed by atoms with Crippen LogP contribution in [0.25, 0.3) is 0 Å². The van der Waals surface area contributed by atoms with Crippen molar-refractivity contribution in [1.29, 1.82) is 0 Å². The first kappa shape index (κ1) is 22.3. The molecule has 0 radical (unpaired) electrons. The van der Waals surface area contributed by atoms with Gasteiger partial charge in [-0.3, -0.25) is 19.7 Å². The first-order valence-corrected chi connectivity index (χ1v) is 10.5. The molecule has 0 spiro atoms. The number of nitrogens with one attached hydrogen (secondary N) is 2. The van der Waals surface area contributed by atoms with Crippen LogP contribution in [-0.4, -0.2) is 22.0 Å². The number of nitrogens with zero attached hydrogens (tertiary/aromatic N) is 1. The largest absolute Gasteiger partial charge is 0.325 e. The number of benzene rings is 3. The molecule has 9 heteroatoms. The Morgan fingerprint density at radius 2 is 1.65 bits per heavy atom. The number of hydrogen-bond acceptors (Lipinski definition) is 5. The standard InChI is InChI=1S/C22H18ClN3O4S/c1-14(21(27)25-18-4-2-3-16(23)13-18)31-20-11-7-17(8-12-20)24-22(28)15-5-9-19(10-6-15)26(29)30/h2-14H,1H3,(H,24,28)(H,25,27). The highest BCUT2D eigenvalue weighted by Crippen LogP contribution is 2.26. The van der Waals surface area contributed by atoms with Crippen LogP contribution in [0.1, 0.15) is 17.3 Å². The summed E-state index contributed by atoms with van der Waals surface area (Å²) in [6.07, 6.45) is 0. The maximum absolute atomic E-state index is 12.4. The first-order valence-electron chi connectivity index (χ1n) is 9.21. The molecule has 0 aromatic heterocycles.